The zero-order chi connectivity index (χ0) is 40.2. The number of nitro groups is 1. The Hall–Kier alpha value is -4.99. The molecule has 0 bridgehead atoms. The average Bonchev–Trinajstić information content (AvgIpc) is 3.18. The summed E-state index contributed by atoms with van der Waals surface area (Å²) >= 11 is 0. The van der Waals surface area contributed by atoms with E-state index in [-0.39, 0.29) is 62.9 Å². The van der Waals surface area contributed by atoms with E-state index in [1.54, 1.807) is 51.2 Å². The van der Waals surface area contributed by atoms with E-state index >= 15 is 0 Å². The molecule has 1 fully saturated rings. The number of fused-ring (bicyclic) bond motifs is 2. The van der Waals surface area contributed by atoms with Gasteiger partial charge in [0, 0.05) is 56.8 Å². The van der Waals surface area contributed by atoms with Gasteiger partial charge in [-0.1, -0.05) is 30.1 Å². The fraction of sp³-hybridized carbons (Fsp3) is 0.537. The van der Waals surface area contributed by atoms with Crippen molar-refractivity contribution in [1.82, 2.24) is 10.2 Å². The minimum Gasteiger partial charge on any atom is -0.459 e. The van der Waals surface area contributed by atoms with Crippen LogP contribution in [0.2, 0.25) is 0 Å². The van der Waals surface area contributed by atoms with Crippen molar-refractivity contribution in [2.24, 2.45) is 22.9 Å². The summed E-state index contributed by atoms with van der Waals surface area (Å²) in [6.07, 6.45) is 7.05. The lowest BCUT2D eigenvalue weighted by Gasteiger charge is -2.59. The van der Waals surface area contributed by atoms with E-state index in [4.69, 9.17) is 28.9 Å². The number of amides is 2. The van der Waals surface area contributed by atoms with Gasteiger partial charge in [0.15, 0.2) is 0 Å². The highest BCUT2D eigenvalue weighted by Gasteiger charge is 2.65. The third kappa shape index (κ3) is 9.33. The highest BCUT2D eigenvalue weighted by Crippen LogP contribution is 2.61. The Bertz CT molecular complexity index is 1750. The highest BCUT2D eigenvalue weighted by atomic mass is 16.7. The van der Waals surface area contributed by atoms with Crippen LogP contribution in [0.15, 0.2) is 71.9 Å². The number of nitro benzene ring substituents is 1. The molecule has 15 heteroatoms. The van der Waals surface area contributed by atoms with E-state index in [0.717, 1.165) is 36.8 Å². The number of oxime groups is 1. The molecule has 1 aliphatic heterocycles. The molecule has 56 heavy (non-hydrogen) atoms. The van der Waals surface area contributed by atoms with Crippen molar-refractivity contribution >= 4 is 23.6 Å². The molecule has 2 aliphatic carbocycles. The van der Waals surface area contributed by atoms with Crippen molar-refractivity contribution < 1.29 is 48.5 Å². The molecule has 6 atom stereocenters. The van der Waals surface area contributed by atoms with Crippen LogP contribution in [0.1, 0.15) is 75.8 Å². The Kier molecular flexibility index (Phi) is 14.9. The number of hydrogen-bond donors (Lipinski definition) is 3. The SMILES string of the molecule is C=CCO[C@@]12Oc3ccc(OC(=O)NCC)cc3[C@H]3[C@H](CCCCO)[C@@H](CCCCO)C=C(C(=NOCc4ccc([N+](=O)[O-])cc4)C[C@@H]1N(C)C(=O)OCC)[C@H]32. The first-order valence-corrected chi connectivity index (χ1v) is 19.4. The van der Waals surface area contributed by atoms with Crippen LogP contribution in [0.25, 0.3) is 0 Å². The second-order valence-electron chi connectivity index (χ2n) is 14.2. The fourth-order valence-electron chi connectivity index (χ4n) is 8.33. The van der Waals surface area contributed by atoms with Crippen LogP contribution < -0.4 is 14.8 Å². The number of aliphatic hydroxyl groups excluding tert-OH is 2. The molecule has 0 saturated heterocycles. The summed E-state index contributed by atoms with van der Waals surface area (Å²) in [6.45, 7) is 8.22. The molecule has 304 valence electrons. The van der Waals surface area contributed by atoms with Gasteiger partial charge in [-0.05, 0) is 92.8 Å². The molecular weight excluding hydrogens is 724 g/mol. The topological polar surface area (TPSA) is 192 Å². The molecule has 2 aromatic rings. The Morgan fingerprint density at radius 1 is 1.11 bits per heavy atom. The van der Waals surface area contributed by atoms with Gasteiger partial charge >= 0.3 is 12.2 Å². The second kappa shape index (κ2) is 19.7. The molecule has 3 aliphatic rings. The maximum atomic E-state index is 13.6. The number of rotatable bonds is 19. The van der Waals surface area contributed by atoms with Crippen molar-refractivity contribution in [1.29, 1.82) is 0 Å². The number of nitrogens with one attached hydrogen (secondary N) is 1. The molecule has 5 rings (SSSR count). The molecule has 1 heterocycles. The molecule has 15 nitrogen and oxygen atoms in total. The summed E-state index contributed by atoms with van der Waals surface area (Å²) in [5.41, 5.74) is 2.83. The second-order valence-corrected chi connectivity index (χ2v) is 14.2. The number of benzene rings is 2. The van der Waals surface area contributed by atoms with E-state index in [2.05, 4.69) is 18.0 Å². The van der Waals surface area contributed by atoms with E-state index in [1.807, 2.05) is 6.07 Å². The predicted octanol–water partition coefficient (Wildman–Crippen LogP) is 6.63. The first-order chi connectivity index (χ1) is 27.1. The Labute approximate surface area is 327 Å². The summed E-state index contributed by atoms with van der Waals surface area (Å²) in [4.78, 5) is 44.4. The zero-order valence-corrected chi connectivity index (χ0v) is 32.4. The number of nitrogens with zero attached hydrogens (tertiary/aromatic N) is 3. The lowest BCUT2D eigenvalue weighted by molar-refractivity contribution is -0.384. The van der Waals surface area contributed by atoms with Crippen LogP contribution in [-0.4, -0.2) is 89.8 Å². The quantitative estimate of drug-likeness (QED) is 0.0601. The van der Waals surface area contributed by atoms with Crippen LogP contribution in [0.4, 0.5) is 15.3 Å². The third-order valence-corrected chi connectivity index (χ3v) is 10.8. The van der Waals surface area contributed by atoms with Gasteiger partial charge < -0.3 is 44.2 Å². The zero-order valence-electron chi connectivity index (χ0n) is 32.4. The van der Waals surface area contributed by atoms with Crippen molar-refractivity contribution in [2.45, 2.75) is 83.1 Å². The van der Waals surface area contributed by atoms with Crippen LogP contribution >= 0.6 is 0 Å². The van der Waals surface area contributed by atoms with Gasteiger partial charge in [0.25, 0.3) is 5.69 Å². The lowest BCUT2D eigenvalue weighted by atomic mass is 9.55. The maximum absolute atomic E-state index is 13.6. The predicted molar refractivity (Wildman–Crippen MR) is 207 cm³/mol. The summed E-state index contributed by atoms with van der Waals surface area (Å²) in [5.74, 6) is -1.56. The van der Waals surface area contributed by atoms with E-state index < -0.39 is 34.9 Å². The van der Waals surface area contributed by atoms with Gasteiger partial charge in [0.2, 0.25) is 5.79 Å². The summed E-state index contributed by atoms with van der Waals surface area (Å²) in [6, 6.07) is 10.5. The number of hydrogen-bond acceptors (Lipinski definition) is 12. The third-order valence-electron chi connectivity index (χ3n) is 10.8. The van der Waals surface area contributed by atoms with Crippen molar-refractivity contribution in [3.63, 3.8) is 0 Å². The average molecular weight is 779 g/mol. The Morgan fingerprint density at radius 3 is 2.50 bits per heavy atom. The standard InChI is InChI=1S/C41H54N4O11/c1-5-22-53-41-36(44(4)40(49)52-7-3)25-34(43-54-26-27-14-16-29(17-15-27)45(50)51)32-23-28(12-8-10-20-46)31(13-9-11-21-47)37(38(32)41)33-24-30(18-19-35(33)56-41)55-39(48)42-6-2/h5,14-19,23-24,28,31,36-38,46-47H,1,6-13,20-22,25-26H2,2-4H3,(H,42,48)/t28-,31+,36-,37+,38+,41+/m0/s1. The Balaban J connectivity index is 1.71. The van der Waals surface area contributed by atoms with E-state index in [9.17, 15) is 29.9 Å². The molecule has 0 unspecified atom stereocenters. The van der Waals surface area contributed by atoms with E-state index in [1.165, 1.54) is 17.0 Å². The molecule has 0 spiro atoms. The molecule has 1 saturated carbocycles. The number of unbranched alkanes of at least 4 members (excludes halogenated alkanes) is 2. The molecular formula is C41H54N4O11. The van der Waals surface area contributed by atoms with Gasteiger partial charge in [-0.15, -0.1) is 6.58 Å². The van der Waals surface area contributed by atoms with E-state index in [0.29, 0.717) is 42.2 Å². The van der Waals surface area contributed by atoms with Crippen LogP contribution in [-0.2, 0) is 20.9 Å². The maximum Gasteiger partial charge on any atom is 0.412 e. The number of carbonyl (C=O) groups is 2. The van der Waals surface area contributed by atoms with Gasteiger partial charge in [-0.25, -0.2) is 9.59 Å². The van der Waals surface area contributed by atoms with Gasteiger partial charge in [-0.3, -0.25) is 10.1 Å². The lowest BCUT2D eigenvalue weighted by Crippen LogP contribution is -2.69. The molecule has 0 radical (unpaired) electrons. The van der Waals surface area contributed by atoms with Crippen molar-refractivity contribution in [3.8, 4) is 11.5 Å². The van der Waals surface area contributed by atoms with Gasteiger partial charge in [0.05, 0.1) is 29.8 Å². The smallest absolute Gasteiger partial charge is 0.412 e. The number of aliphatic hydroxyl groups is 2. The minimum absolute atomic E-state index is 0.00767. The van der Waals surface area contributed by atoms with Gasteiger partial charge in [0.1, 0.15) is 24.1 Å². The van der Waals surface area contributed by atoms with Gasteiger partial charge in [-0.2, -0.15) is 0 Å². The van der Waals surface area contributed by atoms with Crippen LogP contribution in [0.5, 0.6) is 11.5 Å². The van der Waals surface area contributed by atoms with Crippen molar-refractivity contribution in [2.75, 3.05) is 40.0 Å². The number of non-ortho nitro benzene ring substituents is 1. The molecule has 0 aromatic heterocycles. The number of ether oxygens (including phenoxy) is 4. The number of allylic oxidation sites excluding steroid dienone is 1. The normalized spacial score (nSPS) is 24.1. The monoisotopic (exact) mass is 778 g/mol. The van der Waals surface area contributed by atoms with Crippen LogP contribution in [0, 0.1) is 27.9 Å². The number of likely N-dealkylation sites (N-methyl/N-ethyl adjacent to an activating group) is 1. The highest BCUT2D eigenvalue weighted by molar-refractivity contribution is 6.03. The fourth-order valence-corrected chi connectivity index (χ4v) is 8.33. The molecule has 3 N–H and O–H groups in total. The largest absolute Gasteiger partial charge is 0.459 e. The first kappa shape index (κ1) is 42.2. The van der Waals surface area contributed by atoms with Crippen LogP contribution in [0.3, 0.4) is 0 Å². The molecule has 2 aromatic carbocycles. The first-order valence-electron chi connectivity index (χ1n) is 19.4. The summed E-state index contributed by atoms with van der Waals surface area (Å²) < 4.78 is 25.1. The Morgan fingerprint density at radius 2 is 1.84 bits per heavy atom. The summed E-state index contributed by atoms with van der Waals surface area (Å²) in [5, 5.41) is 38.2. The summed E-state index contributed by atoms with van der Waals surface area (Å²) in [7, 11) is 1.64. The molecule has 2 amide bonds. The number of carbonyl (C=O) groups excluding carboxylic acids is 2. The van der Waals surface area contributed by atoms with Crippen molar-refractivity contribution in [3.05, 3.63) is 88.0 Å². The minimum atomic E-state index is -1.47.